The molecule has 0 unspecified atom stereocenters. The number of thiophene rings is 1. The molecule has 7 heteroatoms. The molecule has 0 aliphatic carbocycles. The van der Waals surface area contributed by atoms with E-state index in [9.17, 15) is 8.42 Å². The number of aromatic nitrogens is 1. The maximum absolute atomic E-state index is 11.9. The van der Waals surface area contributed by atoms with Gasteiger partial charge in [-0.15, -0.1) is 11.3 Å². The third-order valence-corrected chi connectivity index (χ3v) is 5.24. The summed E-state index contributed by atoms with van der Waals surface area (Å²) in [7, 11) is -3.51. The van der Waals surface area contributed by atoms with E-state index in [2.05, 4.69) is 9.71 Å². The monoisotopic (exact) mass is 284 g/mol. The van der Waals surface area contributed by atoms with Crippen LogP contribution >= 0.6 is 11.3 Å². The van der Waals surface area contributed by atoms with Gasteiger partial charge in [-0.3, -0.25) is 4.98 Å². The molecular formula is C11H12N2O3S2. The molecular weight excluding hydrogens is 272 g/mol. The number of nitrogens with zero attached hydrogens (tertiary/aromatic N) is 1. The van der Waals surface area contributed by atoms with E-state index in [4.69, 9.17) is 5.11 Å². The Balaban J connectivity index is 2.08. The Kier molecular flexibility index (Phi) is 4.07. The van der Waals surface area contributed by atoms with E-state index in [1.54, 1.807) is 30.6 Å². The maximum Gasteiger partial charge on any atom is 0.250 e. The van der Waals surface area contributed by atoms with Gasteiger partial charge < -0.3 is 5.11 Å². The topological polar surface area (TPSA) is 79.3 Å². The number of hydrogen-bond acceptors (Lipinski definition) is 5. The molecule has 2 N–H and O–H groups in total. The second kappa shape index (κ2) is 5.57. The van der Waals surface area contributed by atoms with Crippen LogP contribution in [0.5, 0.6) is 0 Å². The Morgan fingerprint density at radius 2 is 1.94 bits per heavy atom. The van der Waals surface area contributed by atoms with Crippen molar-refractivity contribution in [3.63, 3.8) is 0 Å². The van der Waals surface area contributed by atoms with Crippen molar-refractivity contribution in [2.24, 2.45) is 0 Å². The van der Waals surface area contributed by atoms with E-state index in [1.807, 2.05) is 0 Å². The molecule has 0 aliphatic heterocycles. The number of aliphatic hydroxyl groups is 1. The molecule has 0 fully saturated rings. The van der Waals surface area contributed by atoms with Crippen LogP contribution in [0.2, 0.25) is 0 Å². The molecule has 2 rings (SSSR count). The number of hydrogen-bond donors (Lipinski definition) is 2. The van der Waals surface area contributed by atoms with E-state index in [-0.39, 0.29) is 17.4 Å². The van der Waals surface area contributed by atoms with Gasteiger partial charge in [-0.25, -0.2) is 13.1 Å². The molecule has 96 valence electrons. The molecule has 18 heavy (non-hydrogen) atoms. The molecule has 2 heterocycles. The van der Waals surface area contributed by atoms with Crippen LogP contribution in [-0.2, 0) is 23.2 Å². The van der Waals surface area contributed by atoms with Gasteiger partial charge in [0.05, 0.1) is 6.61 Å². The zero-order chi connectivity index (χ0) is 13.0. The summed E-state index contributed by atoms with van der Waals surface area (Å²) >= 11 is 1.06. The Bertz CT molecular complexity index is 608. The third-order valence-electron chi connectivity index (χ3n) is 2.27. The van der Waals surface area contributed by atoms with Crippen LogP contribution in [0.25, 0.3) is 0 Å². The molecule has 2 aromatic heterocycles. The highest BCUT2D eigenvalue weighted by atomic mass is 32.2. The number of sulfonamides is 1. The lowest BCUT2D eigenvalue weighted by molar-refractivity contribution is 0.285. The van der Waals surface area contributed by atoms with Crippen molar-refractivity contribution in [3.05, 3.63) is 47.1 Å². The zero-order valence-electron chi connectivity index (χ0n) is 9.41. The highest BCUT2D eigenvalue weighted by molar-refractivity contribution is 7.91. The van der Waals surface area contributed by atoms with Crippen LogP contribution in [0, 0.1) is 0 Å². The van der Waals surface area contributed by atoms with E-state index in [0.717, 1.165) is 16.9 Å². The molecule has 0 bridgehead atoms. The summed E-state index contributed by atoms with van der Waals surface area (Å²) in [5.74, 6) is 0. The number of pyridine rings is 1. The van der Waals surface area contributed by atoms with Gasteiger partial charge >= 0.3 is 0 Å². The summed E-state index contributed by atoms with van der Waals surface area (Å²) in [4.78, 5) is 4.48. The lowest BCUT2D eigenvalue weighted by atomic mass is 10.3. The van der Waals surface area contributed by atoms with Crippen molar-refractivity contribution in [1.82, 2.24) is 9.71 Å². The van der Waals surface area contributed by atoms with Crippen LogP contribution < -0.4 is 4.72 Å². The first-order chi connectivity index (χ1) is 8.62. The number of aliphatic hydroxyl groups excluding tert-OH is 1. The Morgan fingerprint density at radius 1 is 1.22 bits per heavy atom. The van der Waals surface area contributed by atoms with E-state index < -0.39 is 10.0 Å². The molecule has 0 aliphatic rings. The lowest BCUT2D eigenvalue weighted by Gasteiger charge is -2.04. The molecule has 0 saturated carbocycles. The van der Waals surface area contributed by atoms with E-state index >= 15 is 0 Å². The van der Waals surface area contributed by atoms with Crippen molar-refractivity contribution in [2.45, 2.75) is 17.4 Å². The normalized spacial score (nSPS) is 11.6. The van der Waals surface area contributed by atoms with Gasteiger partial charge in [-0.1, -0.05) is 0 Å². The fourth-order valence-corrected chi connectivity index (χ4v) is 3.62. The Hall–Kier alpha value is -1.28. The SMILES string of the molecule is O=S(=O)(NCc1ccncc1)c1ccc(CO)s1. The molecule has 0 atom stereocenters. The van der Waals surface area contributed by atoms with Crippen LogP contribution in [0.3, 0.4) is 0 Å². The first-order valence-electron chi connectivity index (χ1n) is 5.20. The summed E-state index contributed by atoms with van der Waals surface area (Å²) in [6, 6.07) is 6.59. The quantitative estimate of drug-likeness (QED) is 0.862. The van der Waals surface area contributed by atoms with Crippen molar-refractivity contribution in [2.75, 3.05) is 0 Å². The zero-order valence-corrected chi connectivity index (χ0v) is 11.0. The largest absolute Gasteiger partial charge is 0.391 e. The first kappa shape index (κ1) is 13.2. The molecule has 5 nitrogen and oxygen atoms in total. The first-order valence-corrected chi connectivity index (χ1v) is 7.50. The second-order valence-electron chi connectivity index (χ2n) is 3.56. The highest BCUT2D eigenvalue weighted by Crippen LogP contribution is 2.21. The van der Waals surface area contributed by atoms with Crippen LogP contribution in [-0.4, -0.2) is 18.5 Å². The van der Waals surface area contributed by atoms with E-state index in [0.29, 0.717) is 4.88 Å². The van der Waals surface area contributed by atoms with Crippen molar-refractivity contribution >= 4 is 21.4 Å². The van der Waals surface area contributed by atoms with Crippen molar-refractivity contribution in [1.29, 1.82) is 0 Å². The molecule has 0 radical (unpaired) electrons. The van der Waals surface area contributed by atoms with Crippen molar-refractivity contribution < 1.29 is 13.5 Å². The minimum Gasteiger partial charge on any atom is -0.391 e. The van der Waals surface area contributed by atoms with Crippen LogP contribution in [0.15, 0.2) is 40.9 Å². The Labute approximate surface area is 109 Å². The van der Waals surface area contributed by atoms with Gasteiger partial charge in [0, 0.05) is 23.8 Å². The smallest absolute Gasteiger partial charge is 0.250 e. The third kappa shape index (κ3) is 3.14. The average molecular weight is 284 g/mol. The van der Waals surface area contributed by atoms with Gasteiger partial charge in [0.25, 0.3) is 0 Å². The standard InChI is InChI=1S/C11H12N2O3S2/c14-8-10-1-2-11(17-10)18(15,16)13-7-9-3-5-12-6-4-9/h1-6,13-14H,7-8H2. The van der Waals surface area contributed by atoms with Crippen LogP contribution in [0.1, 0.15) is 10.4 Å². The molecule has 0 aromatic carbocycles. The minimum absolute atomic E-state index is 0.148. The predicted molar refractivity (Wildman–Crippen MR) is 68.5 cm³/mol. The summed E-state index contributed by atoms with van der Waals surface area (Å²) < 4.78 is 26.6. The lowest BCUT2D eigenvalue weighted by Crippen LogP contribution is -2.22. The molecule has 0 saturated heterocycles. The van der Waals surface area contributed by atoms with Crippen molar-refractivity contribution in [3.8, 4) is 0 Å². The highest BCUT2D eigenvalue weighted by Gasteiger charge is 2.16. The second-order valence-corrected chi connectivity index (χ2v) is 6.72. The molecule has 2 aromatic rings. The number of rotatable bonds is 5. The fraction of sp³-hybridized carbons (Fsp3) is 0.182. The Morgan fingerprint density at radius 3 is 2.56 bits per heavy atom. The fourth-order valence-electron chi connectivity index (χ4n) is 1.34. The summed E-state index contributed by atoms with van der Waals surface area (Å²) in [6.45, 7) is 0.0712. The summed E-state index contributed by atoms with van der Waals surface area (Å²) in [5, 5.41) is 8.91. The van der Waals surface area contributed by atoms with Gasteiger partial charge in [0.1, 0.15) is 4.21 Å². The predicted octanol–water partition coefficient (Wildman–Crippen LogP) is 1.11. The minimum atomic E-state index is -3.51. The molecule has 0 spiro atoms. The average Bonchev–Trinajstić information content (AvgIpc) is 2.87. The summed E-state index contributed by atoms with van der Waals surface area (Å²) in [6.07, 6.45) is 3.22. The van der Waals surface area contributed by atoms with Gasteiger partial charge in [0.2, 0.25) is 10.0 Å². The maximum atomic E-state index is 11.9. The number of nitrogens with one attached hydrogen (secondary N) is 1. The van der Waals surface area contributed by atoms with Gasteiger partial charge in [0.15, 0.2) is 0 Å². The van der Waals surface area contributed by atoms with Gasteiger partial charge in [-0.05, 0) is 29.8 Å². The van der Waals surface area contributed by atoms with Crippen LogP contribution in [0.4, 0.5) is 0 Å². The summed E-state index contributed by atoms with van der Waals surface area (Å²) in [5.41, 5.74) is 0.840. The van der Waals surface area contributed by atoms with E-state index in [1.165, 1.54) is 6.07 Å². The van der Waals surface area contributed by atoms with Gasteiger partial charge in [-0.2, -0.15) is 0 Å². The molecule has 0 amide bonds.